The molecule has 78 valence electrons. The zero-order valence-electron chi connectivity index (χ0n) is 8.20. The predicted octanol–water partition coefficient (Wildman–Crippen LogP) is 1.70. The van der Waals surface area contributed by atoms with E-state index in [1.807, 2.05) is 0 Å². The lowest BCUT2D eigenvalue weighted by Crippen LogP contribution is -2.02. The summed E-state index contributed by atoms with van der Waals surface area (Å²) in [5.74, 6) is 0.663. The largest absolute Gasteiger partial charge is 0.398 e. The van der Waals surface area contributed by atoms with Gasteiger partial charge in [0.15, 0.2) is 5.15 Å². The highest BCUT2D eigenvalue weighted by Gasteiger charge is 2.10. The van der Waals surface area contributed by atoms with E-state index in [2.05, 4.69) is 4.98 Å². The molecule has 0 spiro atoms. The minimum absolute atomic E-state index is 0.0426. The van der Waals surface area contributed by atoms with E-state index in [0.717, 1.165) is 5.52 Å². The van der Waals surface area contributed by atoms with Crippen LogP contribution in [0.15, 0.2) is 18.3 Å². The van der Waals surface area contributed by atoms with Crippen LogP contribution >= 0.6 is 11.6 Å². The summed E-state index contributed by atoms with van der Waals surface area (Å²) in [6.07, 6.45) is 1.98. The Morgan fingerprint density at radius 3 is 3.00 bits per heavy atom. The Morgan fingerprint density at radius 1 is 1.60 bits per heavy atom. The molecule has 0 amide bonds. The van der Waals surface area contributed by atoms with Gasteiger partial charge in [0.1, 0.15) is 11.6 Å². The standard InChI is InChI=1S/C10H10ClN3O/c1-6(15)4-9-13-10(11)8-3-2-7(12)5-14(8)9/h2-3,5H,4,12H2,1H3. The highest BCUT2D eigenvalue weighted by molar-refractivity contribution is 6.32. The molecule has 0 saturated carbocycles. The maximum atomic E-state index is 11.0. The Kier molecular flexibility index (Phi) is 2.36. The molecule has 0 aliphatic heterocycles. The number of fused-ring (bicyclic) bond motifs is 1. The van der Waals surface area contributed by atoms with Gasteiger partial charge in [-0.25, -0.2) is 4.98 Å². The first-order chi connectivity index (χ1) is 7.08. The average molecular weight is 224 g/mol. The lowest BCUT2D eigenvalue weighted by atomic mass is 10.3. The van der Waals surface area contributed by atoms with E-state index in [0.29, 0.717) is 16.7 Å². The number of anilines is 1. The van der Waals surface area contributed by atoms with E-state index < -0.39 is 0 Å². The van der Waals surface area contributed by atoms with Gasteiger partial charge in [-0.3, -0.25) is 9.20 Å². The first-order valence-electron chi connectivity index (χ1n) is 4.49. The number of nitrogen functional groups attached to an aromatic ring is 1. The summed E-state index contributed by atoms with van der Waals surface area (Å²) in [6.45, 7) is 1.52. The van der Waals surface area contributed by atoms with E-state index >= 15 is 0 Å². The molecule has 2 aromatic rings. The van der Waals surface area contributed by atoms with Crippen molar-refractivity contribution < 1.29 is 4.79 Å². The molecule has 2 rings (SSSR count). The third-order valence-corrected chi connectivity index (χ3v) is 2.37. The minimum Gasteiger partial charge on any atom is -0.398 e. The van der Waals surface area contributed by atoms with Crippen LogP contribution in [0, 0.1) is 0 Å². The van der Waals surface area contributed by atoms with Crippen LogP contribution in [-0.4, -0.2) is 15.2 Å². The fourth-order valence-electron chi connectivity index (χ4n) is 1.47. The Morgan fingerprint density at radius 2 is 2.33 bits per heavy atom. The van der Waals surface area contributed by atoms with Crippen LogP contribution in [0.5, 0.6) is 0 Å². The second-order valence-corrected chi connectivity index (χ2v) is 3.77. The van der Waals surface area contributed by atoms with Gasteiger partial charge < -0.3 is 5.73 Å². The van der Waals surface area contributed by atoms with Gasteiger partial charge in [0, 0.05) is 11.9 Å². The van der Waals surface area contributed by atoms with Crippen LogP contribution in [0.2, 0.25) is 5.15 Å². The Labute approximate surface area is 91.7 Å². The number of ketones is 1. The van der Waals surface area contributed by atoms with E-state index in [4.69, 9.17) is 17.3 Å². The molecule has 2 heterocycles. The summed E-state index contributed by atoms with van der Waals surface area (Å²) >= 11 is 5.93. The van der Waals surface area contributed by atoms with E-state index in [1.54, 1.807) is 22.7 Å². The molecule has 0 radical (unpaired) electrons. The van der Waals surface area contributed by atoms with Gasteiger partial charge in [-0.05, 0) is 19.1 Å². The van der Waals surface area contributed by atoms with Gasteiger partial charge >= 0.3 is 0 Å². The summed E-state index contributed by atoms with van der Waals surface area (Å²) in [5.41, 5.74) is 7.03. The Bertz CT molecular complexity index is 533. The second-order valence-electron chi connectivity index (χ2n) is 3.42. The lowest BCUT2D eigenvalue weighted by molar-refractivity contribution is -0.116. The van der Waals surface area contributed by atoms with Crippen molar-refractivity contribution in [3.8, 4) is 0 Å². The van der Waals surface area contributed by atoms with Crippen molar-refractivity contribution in [3.05, 3.63) is 29.3 Å². The number of halogens is 1. The van der Waals surface area contributed by atoms with Gasteiger partial charge in [-0.15, -0.1) is 0 Å². The molecule has 0 aliphatic rings. The van der Waals surface area contributed by atoms with Crippen molar-refractivity contribution in [2.45, 2.75) is 13.3 Å². The van der Waals surface area contributed by atoms with E-state index in [-0.39, 0.29) is 12.2 Å². The van der Waals surface area contributed by atoms with Crippen LogP contribution in [0.25, 0.3) is 5.52 Å². The summed E-state index contributed by atoms with van der Waals surface area (Å²) < 4.78 is 1.75. The first-order valence-corrected chi connectivity index (χ1v) is 4.87. The van der Waals surface area contributed by atoms with Crippen LogP contribution in [0.3, 0.4) is 0 Å². The molecule has 15 heavy (non-hydrogen) atoms. The van der Waals surface area contributed by atoms with Gasteiger partial charge in [0.25, 0.3) is 0 Å². The number of hydrogen-bond donors (Lipinski definition) is 1. The van der Waals surface area contributed by atoms with Crippen LogP contribution in [0.4, 0.5) is 5.69 Å². The monoisotopic (exact) mass is 223 g/mol. The molecule has 0 aromatic carbocycles. The predicted molar refractivity (Wildman–Crippen MR) is 59.0 cm³/mol. The maximum absolute atomic E-state index is 11.0. The zero-order chi connectivity index (χ0) is 11.0. The number of imidazole rings is 1. The SMILES string of the molecule is CC(=O)Cc1nc(Cl)c2ccc(N)cn12. The van der Waals surface area contributed by atoms with Crippen molar-refractivity contribution in [2.75, 3.05) is 5.73 Å². The molecule has 0 unspecified atom stereocenters. The number of carbonyl (C=O) groups is 1. The molecule has 0 fully saturated rings. The molecular formula is C10H10ClN3O. The zero-order valence-corrected chi connectivity index (χ0v) is 8.95. The van der Waals surface area contributed by atoms with E-state index in [9.17, 15) is 4.79 Å². The van der Waals surface area contributed by atoms with Gasteiger partial charge in [-0.2, -0.15) is 0 Å². The third kappa shape index (κ3) is 1.80. The fraction of sp³-hybridized carbons (Fsp3) is 0.200. The van der Waals surface area contributed by atoms with Crippen molar-refractivity contribution in [1.29, 1.82) is 0 Å². The quantitative estimate of drug-likeness (QED) is 0.843. The summed E-state index contributed by atoms with van der Waals surface area (Å²) in [7, 11) is 0. The molecule has 2 aromatic heterocycles. The number of nitrogens with zero attached hydrogens (tertiary/aromatic N) is 2. The fourth-order valence-corrected chi connectivity index (χ4v) is 1.72. The molecule has 0 aliphatic carbocycles. The highest BCUT2D eigenvalue weighted by atomic mass is 35.5. The number of carbonyl (C=O) groups excluding carboxylic acids is 1. The number of hydrogen-bond acceptors (Lipinski definition) is 3. The van der Waals surface area contributed by atoms with Crippen molar-refractivity contribution in [3.63, 3.8) is 0 Å². The number of pyridine rings is 1. The Hall–Kier alpha value is -1.55. The molecular weight excluding hydrogens is 214 g/mol. The van der Waals surface area contributed by atoms with Gasteiger partial charge in [0.05, 0.1) is 11.9 Å². The number of nitrogens with two attached hydrogens (primary N) is 1. The van der Waals surface area contributed by atoms with Gasteiger partial charge in [-0.1, -0.05) is 11.6 Å². The molecule has 0 atom stereocenters. The van der Waals surface area contributed by atoms with Crippen molar-refractivity contribution in [2.24, 2.45) is 0 Å². The maximum Gasteiger partial charge on any atom is 0.155 e. The number of Topliss-reactive ketones (excluding diaryl/α,β-unsaturated/α-hetero) is 1. The van der Waals surface area contributed by atoms with Gasteiger partial charge in [0.2, 0.25) is 0 Å². The lowest BCUT2D eigenvalue weighted by Gasteiger charge is -1.99. The highest BCUT2D eigenvalue weighted by Crippen LogP contribution is 2.20. The van der Waals surface area contributed by atoms with Crippen LogP contribution in [0.1, 0.15) is 12.7 Å². The van der Waals surface area contributed by atoms with Crippen molar-refractivity contribution in [1.82, 2.24) is 9.38 Å². The number of aromatic nitrogens is 2. The van der Waals surface area contributed by atoms with E-state index in [1.165, 1.54) is 6.92 Å². The normalized spacial score (nSPS) is 10.8. The summed E-state index contributed by atoms with van der Waals surface area (Å²) in [4.78, 5) is 15.1. The molecule has 4 nitrogen and oxygen atoms in total. The molecule has 0 saturated heterocycles. The topological polar surface area (TPSA) is 60.4 Å². The smallest absolute Gasteiger partial charge is 0.155 e. The summed E-state index contributed by atoms with van der Waals surface area (Å²) in [6, 6.07) is 3.54. The first kappa shape index (κ1) is 9.98. The van der Waals surface area contributed by atoms with Crippen molar-refractivity contribution >= 4 is 28.6 Å². The third-order valence-electron chi connectivity index (χ3n) is 2.10. The van der Waals surface area contributed by atoms with Crippen LogP contribution in [-0.2, 0) is 11.2 Å². The molecule has 2 N–H and O–H groups in total. The molecule has 0 bridgehead atoms. The molecule has 5 heteroatoms. The average Bonchev–Trinajstić information content (AvgIpc) is 2.42. The van der Waals surface area contributed by atoms with Crippen LogP contribution < -0.4 is 5.73 Å². The summed E-state index contributed by atoms with van der Waals surface area (Å²) in [5, 5.41) is 0.395. The second kappa shape index (κ2) is 3.55. The number of rotatable bonds is 2. The Balaban J connectivity index is 2.64. The minimum atomic E-state index is 0.0426.